The van der Waals surface area contributed by atoms with Crippen molar-refractivity contribution in [3.05, 3.63) is 41.2 Å². The standard InChI is InChI=1S/C13H9N3OS/c1-8-4-10(7-17)16-13(15-8)9-5-12-11(14-6-9)2-3-18-12/h2-7H,1H3. The Labute approximate surface area is 107 Å². The summed E-state index contributed by atoms with van der Waals surface area (Å²) in [7, 11) is 0. The third-order valence-electron chi connectivity index (χ3n) is 2.56. The Morgan fingerprint density at radius 2 is 2.17 bits per heavy atom. The van der Waals surface area contributed by atoms with Gasteiger partial charge in [-0.1, -0.05) is 0 Å². The summed E-state index contributed by atoms with van der Waals surface area (Å²) in [5.74, 6) is 0.542. The summed E-state index contributed by atoms with van der Waals surface area (Å²) < 4.78 is 1.09. The molecular formula is C13H9N3OS. The summed E-state index contributed by atoms with van der Waals surface area (Å²) in [5.41, 5.74) is 2.96. The van der Waals surface area contributed by atoms with Crippen LogP contribution in [-0.4, -0.2) is 21.2 Å². The average molecular weight is 255 g/mol. The van der Waals surface area contributed by atoms with Crippen LogP contribution in [0.15, 0.2) is 29.8 Å². The van der Waals surface area contributed by atoms with Crippen molar-refractivity contribution < 1.29 is 4.79 Å². The number of fused-ring (bicyclic) bond motifs is 1. The first kappa shape index (κ1) is 11.0. The lowest BCUT2D eigenvalue weighted by molar-refractivity contribution is 0.111. The maximum atomic E-state index is 10.8. The minimum Gasteiger partial charge on any atom is -0.296 e. The molecule has 0 unspecified atom stereocenters. The maximum absolute atomic E-state index is 10.8. The molecule has 5 heteroatoms. The molecule has 0 aromatic carbocycles. The zero-order valence-corrected chi connectivity index (χ0v) is 10.4. The molecule has 0 aliphatic heterocycles. The van der Waals surface area contributed by atoms with Crippen LogP contribution >= 0.6 is 11.3 Å². The molecule has 0 spiro atoms. The largest absolute Gasteiger partial charge is 0.296 e. The van der Waals surface area contributed by atoms with E-state index in [1.807, 2.05) is 24.4 Å². The average Bonchev–Trinajstić information content (AvgIpc) is 2.85. The molecule has 3 rings (SSSR count). The summed E-state index contributed by atoms with van der Waals surface area (Å²) in [6.45, 7) is 1.84. The molecule has 3 aromatic heterocycles. The molecule has 0 saturated heterocycles. The van der Waals surface area contributed by atoms with Crippen LogP contribution in [0.5, 0.6) is 0 Å². The Morgan fingerprint density at radius 1 is 1.28 bits per heavy atom. The molecule has 0 bridgehead atoms. The normalized spacial score (nSPS) is 10.7. The third kappa shape index (κ3) is 1.89. The Hall–Kier alpha value is -2.14. The molecule has 0 amide bonds. The zero-order valence-electron chi connectivity index (χ0n) is 9.62. The number of aldehydes is 1. The van der Waals surface area contributed by atoms with Gasteiger partial charge in [-0.2, -0.15) is 0 Å². The molecule has 0 saturated carbocycles. The smallest absolute Gasteiger partial charge is 0.168 e. The van der Waals surface area contributed by atoms with Crippen molar-refractivity contribution in [2.75, 3.05) is 0 Å². The summed E-state index contributed by atoms with van der Waals surface area (Å²) in [6.07, 6.45) is 2.47. The number of rotatable bonds is 2. The second-order valence-electron chi connectivity index (χ2n) is 3.90. The number of carbonyl (C=O) groups is 1. The maximum Gasteiger partial charge on any atom is 0.168 e. The van der Waals surface area contributed by atoms with Crippen LogP contribution in [0.25, 0.3) is 21.6 Å². The molecule has 0 N–H and O–H groups in total. The SMILES string of the molecule is Cc1cc(C=O)nc(-c2cnc3ccsc3c2)n1. The first-order valence-electron chi connectivity index (χ1n) is 5.41. The van der Waals surface area contributed by atoms with Gasteiger partial charge in [-0.25, -0.2) is 9.97 Å². The topological polar surface area (TPSA) is 55.7 Å². The van der Waals surface area contributed by atoms with Crippen molar-refractivity contribution in [3.63, 3.8) is 0 Å². The van der Waals surface area contributed by atoms with Crippen molar-refractivity contribution in [1.82, 2.24) is 15.0 Å². The van der Waals surface area contributed by atoms with E-state index < -0.39 is 0 Å². The fourth-order valence-electron chi connectivity index (χ4n) is 1.75. The highest BCUT2D eigenvalue weighted by molar-refractivity contribution is 7.17. The molecule has 0 atom stereocenters. The second kappa shape index (κ2) is 4.27. The van der Waals surface area contributed by atoms with Gasteiger partial charge < -0.3 is 0 Å². The number of pyridine rings is 1. The molecule has 0 fully saturated rings. The van der Waals surface area contributed by atoms with E-state index in [4.69, 9.17) is 0 Å². The number of hydrogen-bond donors (Lipinski definition) is 0. The number of hydrogen-bond acceptors (Lipinski definition) is 5. The van der Waals surface area contributed by atoms with Gasteiger partial charge >= 0.3 is 0 Å². The van der Waals surface area contributed by atoms with E-state index in [1.165, 1.54) is 0 Å². The van der Waals surface area contributed by atoms with Gasteiger partial charge in [0.15, 0.2) is 12.1 Å². The van der Waals surface area contributed by atoms with Crippen molar-refractivity contribution in [2.45, 2.75) is 6.92 Å². The highest BCUT2D eigenvalue weighted by Gasteiger charge is 2.07. The molecule has 0 aliphatic carbocycles. The van der Waals surface area contributed by atoms with Crippen LogP contribution in [0.2, 0.25) is 0 Å². The predicted molar refractivity (Wildman–Crippen MR) is 70.8 cm³/mol. The van der Waals surface area contributed by atoms with Crippen molar-refractivity contribution in [3.8, 4) is 11.4 Å². The third-order valence-corrected chi connectivity index (χ3v) is 3.41. The van der Waals surface area contributed by atoms with Crippen LogP contribution < -0.4 is 0 Å². The summed E-state index contributed by atoms with van der Waals surface area (Å²) >= 11 is 1.62. The molecule has 3 heterocycles. The number of carbonyl (C=O) groups excluding carboxylic acids is 1. The van der Waals surface area contributed by atoms with E-state index in [-0.39, 0.29) is 0 Å². The van der Waals surface area contributed by atoms with Crippen LogP contribution in [0, 0.1) is 6.92 Å². The van der Waals surface area contributed by atoms with Crippen LogP contribution in [0.1, 0.15) is 16.2 Å². The summed E-state index contributed by atoms with van der Waals surface area (Å²) in [5, 5.41) is 2.00. The van der Waals surface area contributed by atoms with Gasteiger partial charge in [-0.15, -0.1) is 11.3 Å². The van der Waals surface area contributed by atoms with E-state index in [0.29, 0.717) is 11.5 Å². The van der Waals surface area contributed by atoms with Crippen LogP contribution in [-0.2, 0) is 0 Å². The van der Waals surface area contributed by atoms with Gasteiger partial charge in [-0.3, -0.25) is 9.78 Å². The molecule has 0 aliphatic rings. The first-order chi connectivity index (χ1) is 8.76. The van der Waals surface area contributed by atoms with E-state index in [1.54, 1.807) is 23.6 Å². The lowest BCUT2D eigenvalue weighted by Crippen LogP contribution is -1.97. The van der Waals surface area contributed by atoms with Gasteiger partial charge in [0, 0.05) is 17.5 Å². The number of nitrogens with zero attached hydrogens (tertiary/aromatic N) is 3. The highest BCUT2D eigenvalue weighted by atomic mass is 32.1. The minimum atomic E-state index is 0.392. The fourth-order valence-corrected chi connectivity index (χ4v) is 2.53. The van der Waals surface area contributed by atoms with Gasteiger partial charge in [0.25, 0.3) is 0 Å². The van der Waals surface area contributed by atoms with Crippen LogP contribution in [0.3, 0.4) is 0 Å². The Balaban J connectivity index is 2.18. The quantitative estimate of drug-likeness (QED) is 0.661. The lowest BCUT2D eigenvalue weighted by atomic mass is 10.2. The summed E-state index contributed by atoms with van der Waals surface area (Å²) in [4.78, 5) is 23.7. The van der Waals surface area contributed by atoms with E-state index in [9.17, 15) is 4.79 Å². The summed E-state index contributed by atoms with van der Waals surface area (Å²) in [6, 6.07) is 5.63. The van der Waals surface area contributed by atoms with E-state index >= 15 is 0 Å². The number of thiophene rings is 1. The van der Waals surface area contributed by atoms with Crippen molar-refractivity contribution in [2.24, 2.45) is 0 Å². The highest BCUT2D eigenvalue weighted by Crippen LogP contribution is 2.24. The van der Waals surface area contributed by atoms with Crippen LogP contribution in [0.4, 0.5) is 0 Å². The monoisotopic (exact) mass is 255 g/mol. The molecule has 3 aromatic rings. The molecule has 4 nitrogen and oxygen atoms in total. The Morgan fingerprint density at radius 3 is 3.00 bits per heavy atom. The first-order valence-corrected chi connectivity index (χ1v) is 6.29. The van der Waals surface area contributed by atoms with Gasteiger partial charge in [0.1, 0.15) is 5.69 Å². The van der Waals surface area contributed by atoms with Crippen molar-refractivity contribution in [1.29, 1.82) is 0 Å². The molecule has 88 valence electrons. The number of aryl methyl sites for hydroxylation is 1. The molecule has 18 heavy (non-hydrogen) atoms. The van der Waals surface area contributed by atoms with E-state index in [2.05, 4.69) is 15.0 Å². The van der Waals surface area contributed by atoms with Gasteiger partial charge in [0.05, 0.1) is 10.2 Å². The van der Waals surface area contributed by atoms with E-state index in [0.717, 1.165) is 27.8 Å². The molecule has 0 radical (unpaired) electrons. The van der Waals surface area contributed by atoms with Crippen molar-refractivity contribution >= 4 is 27.8 Å². The lowest BCUT2D eigenvalue weighted by Gasteiger charge is -2.02. The Kier molecular flexibility index (Phi) is 2.60. The predicted octanol–water partition coefficient (Wildman–Crippen LogP) is 2.87. The second-order valence-corrected chi connectivity index (χ2v) is 4.85. The van der Waals surface area contributed by atoms with Gasteiger partial charge in [-0.05, 0) is 30.5 Å². The number of aromatic nitrogens is 3. The Bertz CT molecular complexity index is 736. The van der Waals surface area contributed by atoms with Gasteiger partial charge in [0.2, 0.25) is 0 Å². The fraction of sp³-hybridized carbons (Fsp3) is 0.0769. The zero-order chi connectivity index (χ0) is 12.5. The molecular weight excluding hydrogens is 246 g/mol. The minimum absolute atomic E-state index is 0.392.